The monoisotopic (exact) mass is 424 g/mol. The number of rotatable bonds is 3. The molecule has 2 aromatic carbocycles. The van der Waals surface area contributed by atoms with Crippen molar-refractivity contribution in [3.63, 3.8) is 0 Å². The zero-order valence-corrected chi connectivity index (χ0v) is 17.5. The van der Waals surface area contributed by atoms with Gasteiger partial charge in [0.2, 0.25) is 5.91 Å². The number of aryl methyl sites for hydroxylation is 1. The lowest BCUT2D eigenvalue weighted by Gasteiger charge is -2.36. The number of carbonyl (C=O) groups is 1. The van der Waals surface area contributed by atoms with Gasteiger partial charge in [0.1, 0.15) is 12.3 Å². The van der Waals surface area contributed by atoms with E-state index in [1.165, 1.54) is 11.3 Å². The van der Waals surface area contributed by atoms with E-state index in [-0.39, 0.29) is 23.2 Å². The van der Waals surface area contributed by atoms with Crippen molar-refractivity contribution in [2.75, 3.05) is 17.7 Å². The van der Waals surface area contributed by atoms with Crippen molar-refractivity contribution in [3.05, 3.63) is 74.2 Å². The molecule has 2 aliphatic rings. The topological polar surface area (TPSA) is 60.3 Å². The molecule has 0 saturated heterocycles. The molecule has 3 heterocycles. The minimum Gasteiger partial charge on any atom is -0.493 e. The molecule has 5 nitrogen and oxygen atoms in total. The van der Waals surface area contributed by atoms with Gasteiger partial charge in [-0.25, -0.2) is 0 Å². The number of benzene rings is 2. The van der Waals surface area contributed by atoms with Crippen LogP contribution in [0.25, 0.3) is 0 Å². The summed E-state index contributed by atoms with van der Waals surface area (Å²) in [5.74, 6) is 2.10. The van der Waals surface area contributed by atoms with Crippen LogP contribution in [0.5, 0.6) is 5.75 Å². The molecule has 148 valence electrons. The van der Waals surface area contributed by atoms with Crippen molar-refractivity contribution in [1.82, 2.24) is 4.57 Å². The van der Waals surface area contributed by atoms with Gasteiger partial charge in [-0.1, -0.05) is 47.7 Å². The molecular weight excluding hydrogens is 404 g/mol. The molecule has 2 atom stereocenters. The molecule has 0 fully saturated rings. The van der Waals surface area contributed by atoms with Crippen LogP contribution in [0, 0.1) is 12.8 Å². The molecule has 0 aliphatic carbocycles. The lowest BCUT2D eigenvalue weighted by molar-refractivity contribution is -0.116. The molecule has 3 aromatic rings. The Morgan fingerprint density at radius 3 is 2.86 bits per heavy atom. The molecule has 2 unspecified atom stereocenters. The first-order valence-electron chi connectivity index (χ1n) is 9.55. The molecule has 1 aromatic heterocycles. The van der Waals surface area contributed by atoms with E-state index in [4.69, 9.17) is 4.74 Å². The van der Waals surface area contributed by atoms with E-state index in [2.05, 4.69) is 11.4 Å². The van der Waals surface area contributed by atoms with Crippen LogP contribution in [-0.4, -0.2) is 22.8 Å². The van der Waals surface area contributed by atoms with E-state index in [1.54, 1.807) is 16.3 Å². The Morgan fingerprint density at radius 1 is 1.21 bits per heavy atom. The van der Waals surface area contributed by atoms with Crippen molar-refractivity contribution in [2.45, 2.75) is 24.4 Å². The first-order chi connectivity index (χ1) is 14.1. The molecule has 7 heteroatoms. The van der Waals surface area contributed by atoms with Crippen LogP contribution in [0.2, 0.25) is 0 Å². The number of thiazole rings is 1. The average molecular weight is 425 g/mol. The van der Waals surface area contributed by atoms with Crippen molar-refractivity contribution in [2.24, 2.45) is 5.92 Å². The summed E-state index contributed by atoms with van der Waals surface area (Å²) in [7, 11) is 0. The maximum Gasteiger partial charge on any atom is 0.308 e. The van der Waals surface area contributed by atoms with Crippen molar-refractivity contribution in [1.29, 1.82) is 0 Å². The van der Waals surface area contributed by atoms with Gasteiger partial charge in [-0.05, 0) is 24.6 Å². The molecule has 0 radical (unpaired) electrons. The number of carbonyl (C=O) groups excluding carboxylic acids is 1. The maximum absolute atomic E-state index is 12.8. The van der Waals surface area contributed by atoms with Gasteiger partial charge in [0.25, 0.3) is 0 Å². The normalized spacial score (nSPS) is 19.5. The Bertz CT molecular complexity index is 1150. The number of aromatic nitrogens is 1. The van der Waals surface area contributed by atoms with Gasteiger partial charge in [0.15, 0.2) is 0 Å². The quantitative estimate of drug-likeness (QED) is 0.688. The Hall–Kier alpha value is -2.51. The van der Waals surface area contributed by atoms with Crippen LogP contribution in [0.1, 0.15) is 21.9 Å². The van der Waals surface area contributed by atoms with E-state index >= 15 is 0 Å². The van der Waals surface area contributed by atoms with Gasteiger partial charge in [0.05, 0.1) is 11.6 Å². The average Bonchev–Trinajstić information content (AvgIpc) is 3.04. The predicted molar refractivity (Wildman–Crippen MR) is 116 cm³/mol. The summed E-state index contributed by atoms with van der Waals surface area (Å²) in [6.07, 6.45) is 0. The van der Waals surface area contributed by atoms with E-state index in [9.17, 15) is 9.59 Å². The largest absolute Gasteiger partial charge is 0.493 e. The molecule has 5 rings (SSSR count). The SMILES string of the molecule is Cc1ccccc1NC(=O)Cn1c2c(sc1=O)C1c3ccccc3OCC1CS2. The number of thioether (sulfide) groups is 1. The summed E-state index contributed by atoms with van der Waals surface area (Å²) in [5, 5.41) is 3.86. The number of ether oxygens (including phenoxy) is 1. The molecule has 0 spiro atoms. The Labute approximate surface area is 176 Å². The first kappa shape index (κ1) is 18.5. The van der Waals surface area contributed by atoms with Gasteiger partial charge < -0.3 is 10.1 Å². The summed E-state index contributed by atoms with van der Waals surface area (Å²) < 4.78 is 7.56. The zero-order chi connectivity index (χ0) is 20.0. The van der Waals surface area contributed by atoms with E-state index in [0.29, 0.717) is 12.5 Å². The second-order valence-electron chi connectivity index (χ2n) is 7.38. The number of anilines is 1. The van der Waals surface area contributed by atoms with Crippen molar-refractivity contribution >= 4 is 34.7 Å². The summed E-state index contributed by atoms with van der Waals surface area (Å²) in [4.78, 5) is 26.4. The number of amides is 1. The van der Waals surface area contributed by atoms with Crippen LogP contribution in [0.4, 0.5) is 5.69 Å². The summed E-state index contributed by atoms with van der Waals surface area (Å²) in [6, 6.07) is 15.7. The second-order valence-corrected chi connectivity index (χ2v) is 9.39. The lowest BCUT2D eigenvalue weighted by Crippen LogP contribution is -2.31. The van der Waals surface area contributed by atoms with Crippen LogP contribution in [0.3, 0.4) is 0 Å². The van der Waals surface area contributed by atoms with Gasteiger partial charge >= 0.3 is 4.87 Å². The Morgan fingerprint density at radius 2 is 2.00 bits per heavy atom. The van der Waals surface area contributed by atoms with Crippen LogP contribution in [-0.2, 0) is 11.3 Å². The molecule has 1 N–H and O–H groups in total. The molecule has 0 saturated carbocycles. The van der Waals surface area contributed by atoms with E-state index in [0.717, 1.165) is 38.2 Å². The summed E-state index contributed by atoms with van der Waals surface area (Å²) >= 11 is 2.93. The molecule has 2 aliphatic heterocycles. The van der Waals surface area contributed by atoms with E-state index < -0.39 is 0 Å². The Kier molecular flexibility index (Phi) is 4.72. The first-order valence-corrected chi connectivity index (χ1v) is 11.4. The van der Waals surface area contributed by atoms with Crippen LogP contribution >= 0.6 is 23.1 Å². The number of hydrogen-bond acceptors (Lipinski definition) is 5. The second kappa shape index (κ2) is 7.39. The van der Waals surface area contributed by atoms with Gasteiger partial charge in [-0.3, -0.25) is 14.2 Å². The fourth-order valence-corrected chi connectivity index (χ4v) is 6.73. The highest BCUT2D eigenvalue weighted by Crippen LogP contribution is 2.50. The van der Waals surface area contributed by atoms with Gasteiger partial charge in [-0.2, -0.15) is 0 Å². The number of para-hydroxylation sites is 2. The van der Waals surface area contributed by atoms with Crippen LogP contribution < -0.4 is 14.9 Å². The summed E-state index contributed by atoms with van der Waals surface area (Å²) in [6.45, 7) is 2.64. The fraction of sp³-hybridized carbons (Fsp3) is 0.273. The zero-order valence-electron chi connectivity index (χ0n) is 15.9. The smallest absolute Gasteiger partial charge is 0.308 e. The number of nitrogens with zero attached hydrogens (tertiary/aromatic N) is 1. The van der Waals surface area contributed by atoms with Crippen molar-refractivity contribution < 1.29 is 9.53 Å². The predicted octanol–water partition coefficient (Wildman–Crippen LogP) is 4.10. The summed E-state index contributed by atoms with van der Waals surface area (Å²) in [5.41, 5.74) is 2.92. The highest BCUT2D eigenvalue weighted by atomic mass is 32.2. The highest BCUT2D eigenvalue weighted by Gasteiger charge is 2.39. The lowest BCUT2D eigenvalue weighted by atomic mass is 9.84. The van der Waals surface area contributed by atoms with Crippen molar-refractivity contribution in [3.8, 4) is 5.75 Å². The van der Waals surface area contributed by atoms with Gasteiger partial charge in [-0.15, -0.1) is 11.8 Å². The van der Waals surface area contributed by atoms with Gasteiger partial charge in [0, 0.05) is 33.7 Å². The number of fused-ring (bicyclic) bond motifs is 5. The number of nitrogens with one attached hydrogen (secondary N) is 1. The molecule has 1 amide bonds. The fourth-order valence-electron chi connectivity index (χ4n) is 4.04. The third-order valence-corrected chi connectivity index (χ3v) is 7.99. The van der Waals surface area contributed by atoms with E-state index in [1.807, 2.05) is 49.4 Å². The maximum atomic E-state index is 12.8. The third-order valence-electron chi connectivity index (χ3n) is 5.49. The molecule has 29 heavy (non-hydrogen) atoms. The molecule has 0 bridgehead atoms. The molecular formula is C22H20N2O3S2. The number of hydrogen-bond donors (Lipinski definition) is 1. The minimum absolute atomic E-state index is 0.0293. The third kappa shape index (κ3) is 3.28. The Balaban J connectivity index is 1.46. The van der Waals surface area contributed by atoms with Crippen LogP contribution in [0.15, 0.2) is 58.4 Å². The standard InChI is InChI=1S/C22H20N2O3S2/c1-13-6-2-4-8-16(13)23-18(25)10-24-21-20(29-22(24)26)19-14(12-28-21)11-27-17-9-5-3-7-15(17)19/h2-9,14,19H,10-12H2,1H3,(H,23,25). The highest BCUT2D eigenvalue weighted by molar-refractivity contribution is 7.99. The minimum atomic E-state index is -0.183.